The molecule has 1 N–H and O–H groups in total. The largest absolute Gasteiger partial charge is 0.352 e. The van der Waals surface area contributed by atoms with Gasteiger partial charge in [0, 0.05) is 29.2 Å². The van der Waals surface area contributed by atoms with Gasteiger partial charge in [0.25, 0.3) is 0 Å². The van der Waals surface area contributed by atoms with E-state index < -0.39 is 10.8 Å². The topological polar surface area (TPSA) is 63.5 Å². The number of amides is 1. The maximum absolute atomic E-state index is 12.3. The van der Waals surface area contributed by atoms with Gasteiger partial charge in [0.2, 0.25) is 5.91 Å². The second kappa shape index (κ2) is 7.47. The van der Waals surface area contributed by atoms with E-state index in [4.69, 9.17) is 0 Å². The molecule has 1 amide bonds. The third kappa shape index (κ3) is 4.04. The van der Waals surface area contributed by atoms with Crippen LogP contribution in [0.1, 0.15) is 38.8 Å². The first kappa shape index (κ1) is 17.1. The first-order valence-corrected chi connectivity index (χ1v) is 10.1. The minimum atomic E-state index is -1.24. The Balaban J connectivity index is 1.53. The van der Waals surface area contributed by atoms with Crippen molar-refractivity contribution < 1.29 is 9.00 Å². The van der Waals surface area contributed by atoms with Gasteiger partial charge in [-0.25, -0.2) is 4.98 Å². The molecule has 1 fully saturated rings. The summed E-state index contributed by atoms with van der Waals surface area (Å²) in [6.07, 6.45) is 7.19. The van der Waals surface area contributed by atoms with Gasteiger partial charge >= 0.3 is 0 Å². The van der Waals surface area contributed by atoms with Crippen LogP contribution in [0.25, 0.3) is 5.65 Å². The van der Waals surface area contributed by atoms with Crippen LogP contribution >= 0.6 is 0 Å². The fraction of sp³-hybridized carbons (Fsp3) is 0.556. The number of nitrogens with zero attached hydrogens (tertiary/aromatic N) is 2. The number of pyridine rings is 1. The van der Waals surface area contributed by atoms with Crippen molar-refractivity contribution in [2.75, 3.05) is 5.75 Å². The lowest BCUT2D eigenvalue weighted by atomic mass is 9.78. The molecule has 1 aliphatic rings. The van der Waals surface area contributed by atoms with E-state index in [0.717, 1.165) is 24.2 Å². The molecule has 0 radical (unpaired) electrons. The van der Waals surface area contributed by atoms with E-state index in [1.165, 1.54) is 6.42 Å². The van der Waals surface area contributed by atoms with Crippen molar-refractivity contribution in [1.29, 1.82) is 0 Å². The van der Waals surface area contributed by atoms with Crippen molar-refractivity contribution in [3.05, 3.63) is 36.3 Å². The average molecular weight is 347 g/mol. The van der Waals surface area contributed by atoms with Crippen molar-refractivity contribution >= 4 is 22.4 Å². The van der Waals surface area contributed by atoms with Gasteiger partial charge in [-0.15, -0.1) is 0 Å². The van der Waals surface area contributed by atoms with Crippen LogP contribution in [0.4, 0.5) is 0 Å². The molecule has 2 heterocycles. The zero-order valence-electron chi connectivity index (χ0n) is 14.3. The number of fused-ring (bicyclic) bond motifs is 1. The molecular formula is C18H25N3O2S. The Morgan fingerprint density at radius 3 is 3.00 bits per heavy atom. The number of rotatable bonds is 5. The highest BCUT2D eigenvalue weighted by atomic mass is 32.2. The summed E-state index contributed by atoms with van der Waals surface area (Å²) in [6, 6.07) is 5.97. The van der Waals surface area contributed by atoms with Gasteiger partial charge < -0.3 is 9.72 Å². The van der Waals surface area contributed by atoms with Gasteiger partial charge in [0.05, 0.1) is 11.4 Å². The van der Waals surface area contributed by atoms with Crippen LogP contribution in [0.5, 0.6) is 0 Å². The predicted molar refractivity (Wildman–Crippen MR) is 96.0 cm³/mol. The van der Waals surface area contributed by atoms with Gasteiger partial charge in [-0.05, 0) is 30.4 Å². The van der Waals surface area contributed by atoms with E-state index in [2.05, 4.69) is 24.1 Å². The molecule has 0 bridgehead atoms. The summed E-state index contributed by atoms with van der Waals surface area (Å²) in [4.78, 5) is 16.6. The number of carbonyl (C=O) groups is 1. The second-order valence-corrected chi connectivity index (χ2v) is 8.33. The molecule has 0 saturated heterocycles. The third-order valence-corrected chi connectivity index (χ3v) is 6.27. The Morgan fingerprint density at radius 1 is 1.38 bits per heavy atom. The van der Waals surface area contributed by atoms with Crippen LogP contribution in [-0.4, -0.2) is 31.3 Å². The number of hydrogen-bond donors (Lipinski definition) is 1. The average Bonchev–Trinajstić information content (AvgIpc) is 2.93. The smallest absolute Gasteiger partial charge is 0.232 e. The van der Waals surface area contributed by atoms with Crippen LogP contribution in [-0.2, 0) is 21.3 Å². The van der Waals surface area contributed by atoms with Crippen molar-refractivity contribution in [1.82, 2.24) is 14.7 Å². The van der Waals surface area contributed by atoms with Crippen molar-refractivity contribution in [3.8, 4) is 0 Å². The fourth-order valence-corrected chi connectivity index (χ4v) is 4.40. The van der Waals surface area contributed by atoms with E-state index in [-0.39, 0.29) is 17.7 Å². The highest BCUT2D eigenvalue weighted by molar-refractivity contribution is 7.84. The molecule has 0 aliphatic heterocycles. The van der Waals surface area contributed by atoms with Gasteiger partial charge in [-0.1, -0.05) is 32.8 Å². The molecule has 4 atom stereocenters. The number of aromatic nitrogens is 2. The number of hydrogen-bond acceptors (Lipinski definition) is 3. The van der Waals surface area contributed by atoms with E-state index in [1.54, 1.807) is 0 Å². The van der Waals surface area contributed by atoms with E-state index >= 15 is 0 Å². The van der Waals surface area contributed by atoms with Gasteiger partial charge in [-0.3, -0.25) is 9.00 Å². The Hall–Kier alpha value is -1.69. The molecule has 2 aromatic rings. The Morgan fingerprint density at radius 2 is 2.21 bits per heavy atom. The molecule has 0 unspecified atom stereocenters. The van der Waals surface area contributed by atoms with Crippen LogP contribution in [0.3, 0.4) is 0 Å². The molecule has 24 heavy (non-hydrogen) atoms. The number of imidazole rings is 1. The van der Waals surface area contributed by atoms with Gasteiger partial charge in [-0.2, -0.15) is 0 Å². The molecule has 2 aromatic heterocycles. The van der Waals surface area contributed by atoms with Crippen molar-refractivity contribution in [3.63, 3.8) is 0 Å². The molecule has 5 nitrogen and oxygen atoms in total. The summed E-state index contributed by atoms with van der Waals surface area (Å²) in [5.74, 6) is 1.36. The monoisotopic (exact) mass is 347 g/mol. The standard InChI is InChI=1S/C18H25N3O2S/c1-13-6-5-7-16(14(13)2)20-18(22)12-24(23)11-15-10-21-9-4-3-8-17(21)19-15/h3-4,8-10,13-14,16H,5-7,11-12H2,1-2H3,(H,20,22)/t13-,14-,16+,24-/m1/s1. The lowest BCUT2D eigenvalue weighted by Crippen LogP contribution is -2.45. The Kier molecular flexibility index (Phi) is 5.33. The molecule has 6 heteroatoms. The summed E-state index contributed by atoms with van der Waals surface area (Å²) in [6.45, 7) is 4.44. The van der Waals surface area contributed by atoms with Crippen molar-refractivity contribution in [2.24, 2.45) is 11.8 Å². The quantitative estimate of drug-likeness (QED) is 0.904. The van der Waals surface area contributed by atoms with Gasteiger partial charge in [0.1, 0.15) is 11.4 Å². The molecule has 130 valence electrons. The summed E-state index contributed by atoms with van der Waals surface area (Å²) < 4.78 is 14.2. The zero-order valence-corrected chi connectivity index (χ0v) is 15.1. The highest BCUT2D eigenvalue weighted by Crippen LogP contribution is 2.29. The Bertz CT molecular complexity index is 710. The predicted octanol–water partition coefficient (Wildman–Crippen LogP) is 2.52. The SMILES string of the molecule is C[C@@H]1[C@H](C)CCC[C@@H]1NC(=O)C[S@](=O)Cc1cn2ccccc2n1. The zero-order chi connectivity index (χ0) is 17.1. The van der Waals surface area contributed by atoms with Gasteiger partial charge in [0.15, 0.2) is 0 Å². The van der Waals surface area contributed by atoms with Crippen LogP contribution in [0.2, 0.25) is 0 Å². The fourth-order valence-electron chi connectivity index (χ4n) is 3.45. The first-order valence-electron chi connectivity index (χ1n) is 8.60. The molecule has 0 aromatic carbocycles. The van der Waals surface area contributed by atoms with Crippen LogP contribution < -0.4 is 5.32 Å². The molecular weight excluding hydrogens is 322 g/mol. The minimum Gasteiger partial charge on any atom is -0.352 e. The maximum atomic E-state index is 12.3. The van der Waals surface area contributed by atoms with Crippen LogP contribution in [0, 0.1) is 11.8 Å². The third-order valence-electron chi connectivity index (χ3n) is 5.07. The van der Waals surface area contributed by atoms with Crippen LogP contribution in [0.15, 0.2) is 30.6 Å². The molecule has 0 spiro atoms. The second-order valence-electron chi connectivity index (χ2n) is 6.87. The highest BCUT2D eigenvalue weighted by Gasteiger charge is 2.28. The van der Waals surface area contributed by atoms with Crippen molar-refractivity contribution in [2.45, 2.75) is 44.9 Å². The molecule has 1 aliphatic carbocycles. The lowest BCUT2D eigenvalue weighted by molar-refractivity contribution is -0.120. The lowest BCUT2D eigenvalue weighted by Gasteiger charge is -2.34. The van der Waals surface area contributed by atoms with E-state index in [0.29, 0.717) is 17.6 Å². The Labute approximate surface area is 145 Å². The van der Waals surface area contributed by atoms with E-state index in [1.807, 2.05) is 35.0 Å². The summed E-state index contributed by atoms with van der Waals surface area (Å²) in [7, 11) is -1.24. The summed E-state index contributed by atoms with van der Waals surface area (Å²) in [5, 5.41) is 3.08. The molecule has 3 rings (SSSR count). The number of carbonyl (C=O) groups excluding carboxylic acids is 1. The first-order chi connectivity index (χ1) is 11.5. The minimum absolute atomic E-state index is 0.0471. The van der Waals surface area contributed by atoms with E-state index in [9.17, 15) is 9.00 Å². The normalized spacial score (nSPS) is 25.5. The number of nitrogens with one attached hydrogen (secondary N) is 1. The maximum Gasteiger partial charge on any atom is 0.232 e. The molecule has 1 saturated carbocycles. The summed E-state index contributed by atoms with van der Waals surface area (Å²) in [5.41, 5.74) is 1.59. The summed E-state index contributed by atoms with van der Waals surface area (Å²) >= 11 is 0.